The maximum atomic E-state index is 14.2. The molecule has 2 saturated heterocycles. The lowest BCUT2D eigenvalue weighted by atomic mass is 9.83. The molecule has 2 unspecified atom stereocenters. The summed E-state index contributed by atoms with van der Waals surface area (Å²) >= 11 is 0. The van der Waals surface area contributed by atoms with Gasteiger partial charge in [0.25, 0.3) is 5.92 Å². The third kappa shape index (κ3) is 3.34. The molecule has 2 aromatic heterocycles. The second-order valence-corrected chi connectivity index (χ2v) is 8.12. The summed E-state index contributed by atoms with van der Waals surface area (Å²) in [6, 6.07) is 3.88. The normalized spacial score (nSPS) is 26.8. The number of benzene rings is 1. The minimum atomic E-state index is -2.78. The highest BCUT2D eigenvalue weighted by Crippen LogP contribution is 2.45. The Morgan fingerprint density at radius 3 is 2.84 bits per heavy atom. The van der Waals surface area contributed by atoms with E-state index in [0.717, 1.165) is 10.8 Å². The van der Waals surface area contributed by atoms with Gasteiger partial charge in [-0.1, -0.05) is 6.58 Å². The molecule has 0 amide bonds. The third-order valence-corrected chi connectivity index (χ3v) is 6.30. The van der Waals surface area contributed by atoms with Crippen molar-refractivity contribution in [2.45, 2.75) is 37.0 Å². The molecule has 5 rings (SSSR count). The van der Waals surface area contributed by atoms with Gasteiger partial charge in [-0.05, 0) is 35.6 Å². The van der Waals surface area contributed by atoms with Gasteiger partial charge in [0.1, 0.15) is 11.4 Å². The van der Waals surface area contributed by atoms with Crippen molar-refractivity contribution in [1.82, 2.24) is 25.5 Å². The number of pyridine rings is 1. The maximum Gasteiger partial charge on any atom is 0.264 e. The first-order valence-corrected chi connectivity index (χ1v) is 10.00. The fourth-order valence-electron chi connectivity index (χ4n) is 4.70. The molecule has 0 radical (unpaired) electrons. The van der Waals surface area contributed by atoms with Crippen LogP contribution in [0.5, 0.6) is 5.75 Å². The van der Waals surface area contributed by atoms with Gasteiger partial charge in [-0.25, -0.2) is 13.8 Å². The topological polar surface area (TPSA) is 93.1 Å². The van der Waals surface area contributed by atoms with Crippen molar-refractivity contribution in [2.24, 2.45) is 5.92 Å². The number of phenols is 1. The molecule has 160 valence electrons. The van der Waals surface area contributed by atoms with Gasteiger partial charge in [-0.2, -0.15) is 0 Å². The van der Waals surface area contributed by atoms with Crippen LogP contribution in [0, 0.1) is 5.92 Å². The van der Waals surface area contributed by atoms with Crippen LogP contribution in [0.4, 0.5) is 8.78 Å². The van der Waals surface area contributed by atoms with E-state index in [1.54, 1.807) is 24.5 Å². The number of phenolic OH excluding ortho intramolecular Hbond substituents is 1. The fourth-order valence-corrected chi connectivity index (χ4v) is 4.70. The van der Waals surface area contributed by atoms with Gasteiger partial charge < -0.3 is 15.2 Å². The Balaban J connectivity index is 1.43. The molecule has 2 aliphatic rings. The fraction of sp³-hybridized carbons (Fsp3) is 0.364. The van der Waals surface area contributed by atoms with Gasteiger partial charge in [0.2, 0.25) is 0 Å². The molecule has 4 atom stereocenters. The van der Waals surface area contributed by atoms with Crippen LogP contribution in [0.2, 0.25) is 0 Å². The quantitative estimate of drug-likeness (QED) is 0.663. The number of piperidine rings is 1. The highest BCUT2D eigenvalue weighted by Gasteiger charge is 2.57. The zero-order valence-electron chi connectivity index (χ0n) is 16.8. The number of halogens is 2. The minimum absolute atomic E-state index is 0.0415. The summed E-state index contributed by atoms with van der Waals surface area (Å²) in [4.78, 5) is 8.41. The summed E-state index contributed by atoms with van der Waals surface area (Å²) < 4.78 is 34.0. The molecule has 31 heavy (non-hydrogen) atoms. The molecule has 2 fully saturated rings. The van der Waals surface area contributed by atoms with Gasteiger partial charge in [0.15, 0.2) is 5.82 Å². The first kappa shape index (κ1) is 19.9. The SMILES string of the molecule is C=C(c1ncc(-c2cc3ccncc3cc2O)nn1)[C@H]1CC2NC(CC2(F)F)[C@@H]1OC. The average molecular weight is 425 g/mol. The summed E-state index contributed by atoms with van der Waals surface area (Å²) in [6.45, 7) is 4.08. The first-order chi connectivity index (χ1) is 14.9. The highest BCUT2D eigenvalue weighted by molar-refractivity contribution is 5.89. The molecular weight excluding hydrogens is 404 g/mol. The molecule has 0 saturated carbocycles. The van der Waals surface area contributed by atoms with Crippen molar-refractivity contribution in [1.29, 1.82) is 0 Å². The van der Waals surface area contributed by atoms with Crippen LogP contribution in [-0.4, -0.2) is 56.5 Å². The Bertz CT molecular complexity index is 1150. The molecule has 7 nitrogen and oxygen atoms in total. The number of nitrogens with one attached hydrogen (secondary N) is 1. The van der Waals surface area contributed by atoms with E-state index < -0.39 is 24.1 Å². The third-order valence-electron chi connectivity index (χ3n) is 6.30. The number of fused-ring (bicyclic) bond motifs is 3. The Labute approximate surface area is 177 Å². The van der Waals surface area contributed by atoms with Gasteiger partial charge >= 0.3 is 0 Å². The number of nitrogens with zero attached hydrogens (tertiary/aromatic N) is 4. The number of aromatic hydroxyl groups is 1. The number of hydrogen-bond acceptors (Lipinski definition) is 7. The van der Waals surface area contributed by atoms with E-state index in [2.05, 4.69) is 32.1 Å². The number of aromatic nitrogens is 4. The molecule has 3 aromatic rings. The van der Waals surface area contributed by atoms with Crippen molar-refractivity contribution < 1.29 is 18.6 Å². The molecule has 0 spiro atoms. The molecule has 4 heterocycles. The molecule has 9 heteroatoms. The number of hydrogen-bond donors (Lipinski definition) is 2. The van der Waals surface area contributed by atoms with E-state index in [0.29, 0.717) is 16.8 Å². The lowest BCUT2D eigenvalue weighted by Gasteiger charge is -2.36. The van der Waals surface area contributed by atoms with Gasteiger partial charge in [-0.3, -0.25) is 4.98 Å². The van der Waals surface area contributed by atoms with E-state index >= 15 is 0 Å². The van der Waals surface area contributed by atoms with Gasteiger partial charge in [-0.15, -0.1) is 10.2 Å². The average Bonchev–Trinajstić information content (AvgIpc) is 3.01. The standard InChI is InChI=1S/C22H21F2N5O2/c1-11(14-7-19-22(23,24)8-16(27-19)20(14)31-2)21-26-10-17(28-29-21)15-5-12-3-4-25-9-13(12)6-18(15)30/h3-6,9-10,14,16,19-20,27,30H,1,7-8H2,2H3/t14-,16?,19?,20-/m1/s1. The van der Waals surface area contributed by atoms with Gasteiger partial charge in [0, 0.05) is 48.8 Å². The Morgan fingerprint density at radius 1 is 1.26 bits per heavy atom. The smallest absolute Gasteiger partial charge is 0.264 e. The van der Waals surface area contributed by atoms with E-state index in [1.807, 2.05) is 6.07 Å². The van der Waals surface area contributed by atoms with Crippen LogP contribution in [0.3, 0.4) is 0 Å². The Hall–Kier alpha value is -3.04. The summed E-state index contributed by atoms with van der Waals surface area (Å²) in [5, 5.41) is 23.4. The largest absolute Gasteiger partial charge is 0.507 e. The molecule has 2 N–H and O–H groups in total. The van der Waals surface area contributed by atoms with Crippen molar-refractivity contribution in [3.05, 3.63) is 49.2 Å². The van der Waals surface area contributed by atoms with Crippen molar-refractivity contribution in [2.75, 3.05) is 7.11 Å². The summed E-state index contributed by atoms with van der Waals surface area (Å²) in [5.41, 5.74) is 1.41. The van der Waals surface area contributed by atoms with E-state index in [4.69, 9.17) is 4.74 Å². The van der Waals surface area contributed by atoms with E-state index in [9.17, 15) is 13.9 Å². The first-order valence-electron chi connectivity index (χ1n) is 10.00. The van der Waals surface area contributed by atoms with Crippen molar-refractivity contribution >= 4 is 16.3 Å². The van der Waals surface area contributed by atoms with Crippen LogP contribution in [0.1, 0.15) is 18.7 Å². The Morgan fingerprint density at radius 2 is 2.10 bits per heavy atom. The number of rotatable bonds is 4. The van der Waals surface area contributed by atoms with Crippen LogP contribution in [0.25, 0.3) is 27.6 Å². The minimum Gasteiger partial charge on any atom is -0.507 e. The zero-order chi connectivity index (χ0) is 21.8. The molecule has 1 aromatic carbocycles. The lowest BCUT2D eigenvalue weighted by Crippen LogP contribution is -2.51. The second-order valence-electron chi connectivity index (χ2n) is 8.12. The number of ether oxygens (including phenoxy) is 1. The summed E-state index contributed by atoms with van der Waals surface area (Å²) in [6.07, 6.45) is 4.32. The van der Waals surface area contributed by atoms with Crippen LogP contribution in [0.15, 0.2) is 43.4 Å². The zero-order valence-corrected chi connectivity index (χ0v) is 16.8. The lowest BCUT2D eigenvalue weighted by molar-refractivity contribution is -0.0153. The second kappa shape index (κ2) is 7.28. The van der Waals surface area contributed by atoms with Gasteiger partial charge in [0.05, 0.1) is 18.3 Å². The monoisotopic (exact) mass is 425 g/mol. The van der Waals surface area contributed by atoms with Crippen LogP contribution < -0.4 is 5.32 Å². The van der Waals surface area contributed by atoms with Crippen molar-refractivity contribution in [3.63, 3.8) is 0 Å². The van der Waals surface area contributed by atoms with Crippen LogP contribution in [-0.2, 0) is 4.74 Å². The molecule has 0 aliphatic carbocycles. The van der Waals surface area contributed by atoms with Crippen LogP contribution >= 0.6 is 0 Å². The summed E-state index contributed by atoms with van der Waals surface area (Å²) in [5.74, 6) is -2.80. The number of alkyl halides is 2. The van der Waals surface area contributed by atoms with E-state index in [-0.39, 0.29) is 30.3 Å². The summed E-state index contributed by atoms with van der Waals surface area (Å²) in [7, 11) is 1.52. The molecule has 2 aliphatic heterocycles. The predicted octanol–water partition coefficient (Wildman–Crippen LogP) is 3.21. The molecular formula is C22H21F2N5O2. The maximum absolute atomic E-state index is 14.2. The predicted molar refractivity (Wildman–Crippen MR) is 110 cm³/mol. The Kier molecular flexibility index (Phi) is 4.67. The highest BCUT2D eigenvalue weighted by atomic mass is 19.3. The van der Waals surface area contributed by atoms with Crippen molar-refractivity contribution in [3.8, 4) is 17.0 Å². The number of methoxy groups -OCH3 is 1. The molecule has 2 bridgehead atoms. The van der Waals surface area contributed by atoms with E-state index in [1.165, 1.54) is 13.3 Å².